The number of ether oxygens (including phenoxy) is 5. The second-order valence-electron chi connectivity index (χ2n) is 6.56. The highest BCUT2D eigenvalue weighted by Gasteiger charge is 2.09. The minimum absolute atomic E-state index is 0.146. The lowest BCUT2D eigenvalue weighted by atomic mass is 10.2. The predicted octanol–water partition coefficient (Wildman–Crippen LogP) is 1.23. The first-order valence-electron chi connectivity index (χ1n) is 9.41. The number of nitrogens with zero attached hydrogens (tertiary/aromatic N) is 1. The highest BCUT2D eigenvalue weighted by molar-refractivity contribution is 5.75. The van der Waals surface area contributed by atoms with Gasteiger partial charge >= 0.3 is 0 Å². The summed E-state index contributed by atoms with van der Waals surface area (Å²) >= 11 is 0. The van der Waals surface area contributed by atoms with Gasteiger partial charge in [0.2, 0.25) is 5.91 Å². The monoisotopic (exact) mass is 378 g/mol. The molecule has 0 fully saturated rings. The van der Waals surface area contributed by atoms with Gasteiger partial charge in [0.25, 0.3) is 0 Å². The Labute approximate surface area is 158 Å². The van der Waals surface area contributed by atoms with Gasteiger partial charge in [0.15, 0.2) is 0 Å². The van der Waals surface area contributed by atoms with Crippen LogP contribution in [0.2, 0.25) is 0 Å². The molecule has 8 nitrogen and oxygen atoms in total. The molecule has 0 atom stereocenters. The third-order valence-corrected chi connectivity index (χ3v) is 3.13. The zero-order valence-corrected chi connectivity index (χ0v) is 16.9. The van der Waals surface area contributed by atoms with E-state index in [0.29, 0.717) is 71.9 Å². The Morgan fingerprint density at radius 1 is 0.808 bits per heavy atom. The van der Waals surface area contributed by atoms with Gasteiger partial charge < -0.3 is 23.7 Å². The Balaban J connectivity index is 3.32. The van der Waals surface area contributed by atoms with E-state index in [2.05, 4.69) is 13.8 Å². The summed E-state index contributed by atoms with van der Waals surface area (Å²) in [4.78, 5) is 11.8. The van der Waals surface area contributed by atoms with Crippen LogP contribution in [0.15, 0.2) is 0 Å². The Bertz CT molecular complexity index is 329. The third-order valence-electron chi connectivity index (χ3n) is 3.13. The summed E-state index contributed by atoms with van der Waals surface area (Å²) in [7, 11) is 0. The van der Waals surface area contributed by atoms with Gasteiger partial charge in [-0.25, -0.2) is 5.84 Å². The summed E-state index contributed by atoms with van der Waals surface area (Å²) in [5.41, 5.74) is 0. The van der Waals surface area contributed by atoms with E-state index in [-0.39, 0.29) is 18.4 Å². The zero-order chi connectivity index (χ0) is 19.6. The summed E-state index contributed by atoms with van der Waals surface area (Å²) in [6.45, 7) is 13.0. The van der Waals surface area contributed by atoms with Gasteiger partial charge in [0.05, 0.1) is 71.9 Å². The normalized spacial score (nSPS) is 11.5. The number of hydrogen-bond donors (Lipinski definition) is 1. The van der Waals surface area contributed by atoms with Gasteiger partial charge in [0, 0.05) is 6.61 Å². The van der Waals surface area contributed by atoms with Crippen molar-refractivity contribution in [1.29, 1.82) is 0 Å². The fourth-order valence-electron chi connectivity index (χ4n) is 1.79. The van der Waals surface area contributed by atoms with Gasteiger partial charge in [-0.2, -0.15) is 0 Å². The maximum Gasteiger partial charge on any atom is 0.238 e. The number of amides is 1. The molecule has 0 aliphatic rings. The van der Waals surface area contributed by atoms with E-state index in [0.717, 1.165) is 0 Å². The molecule has 8 heteroatoms. The molecule has 0 aromatic heterocycles. The lowest BCUT2D eigenvalue weighted by molar-refractivity contribution is -0.133. The number of hydrazine groups is 1. The molecule has 0 aliphatic carbocycles. The second-order valence-corrected chi connectivity index (χ2v) is 6.56. The van der Waals surface area contributed by atoms with E-state index in [1.807, 2.05) is 13.8 Å². The van der Waals surface area contributed by atoms with Crippen molar-refractivity contribution in [2.45, 2.75) is 40.2 Å². The van der Waals surface area contributed by atoms with E-state index in [1.165, 1.54) is 5.01 Å². The van der Waals surface area contributed by atoms with Crippen LogP contribution in [0.1, 0.15) is 34.1 Å². The fraction of sp³-hybridized carbons (Fsp3) is 0.944. The molecule has 0 saturated carbocycles. The molecule has 0 bridgehead atoms. The number of hydrogen-bond acceptors (Lipinski definition) is 7. The molecule has 0 heterocycles. The highest BCUT2D eigenvalue weighted by Crippen LogP contribution is 1.95. The van der Waals surface area contributed by atoms with Crippen LogP contribution in [0.5, 0.6) is 0 Å². The molecule has 0 aromatic rings. The van der Waals surface area contributed by atoms with E-state index < -0.39 is 0 Å². The smallest absolute Gasteiger partial charge is 0.238 e. The topological polar surface area (TPSA) is 92.5 Å². The lowest BCUT2D eigenvalue weighted by Crippen LogP contribution is -2.40. The predicted molar refractivity (Wildman–Crippen MR) is 99.7 cm³/mol. The standard InChI is InChI=1S/C18H38N2O6/c1-16(2)15-25-7-5-18(21)20(19)6-8-22-9-10-23-11-12-24-13-14-26-17(3)4/h16-17H,5-15,19H2,1-4H3. The molecule has 0 unspecified atom stereocenters. The number of carbonyl (C=O) groups excluding carboxylic acids is 1. The average Bonchev–Trinajstić information content (AvgIpc) is 2.58. The Morgan fingerprint density at radius 2 is 1.35 bits per heavy atom. The van der Waals surface area contributed by atoms with E-state index in [4.69, 9.17) is 29.5 Å². The largest absolute Gasteiger partial charge is 0.381 e. The molecule has 0 aliphatic heterocycles. The Kier molecular flexibility index (Phi) is 17.1. The van der Waals surface area contributed by atoms with Gasteiger partial charge in [-0.1, -0.05) is 13.8 Å². The molecule has 26 heavy (non-hydrogen) atoms. The highest BCUT2D eigenvalue weighted by atomic mass is 16.6. The first kappa shape index (κ1) is 25.2. The number of nitrogens with two attached hydrogens (primary N) is 1. The van der Waals surface area contributed by atoms with Crippen molar-refractivity contribution in [3.05, 3.63) is 0 Å². The average molecular weight is 379 g/mol. The van der Waals surface area contributed by atoms with E-state index in [9.17, 15) is 4.79 Å². The van der Waals surface area contributed by atoms with Gasteiger partial charge in [-0.3, -0.25) is 9.80 Å². The van der Waals surface area contributed by atoms with E-state index >= 15 is 0 Å². The molecular weight excluding hydrogens is 340 g/mol. The van der Waals surface area contributed by atoms with Crippen molar-refractivity contribution in [2.24, 2.45) is 11.8 Å². The summed E-state index contributed by atoms with van der Waals surface area (Å²) < 4.78 is 26.9. The van der Waals surface area contributed by atoms with Gasteiger partial charge in [-0.05, 0) is 19.8 Å². The molecule has 0 radical (unpaired) electrons. The molecule has 156 valence electrons. The SMILES string of the molecule is CC(C)COCCC(=O)N(N)CCOCCOCCOCCOC(C)C. The Hall–Kier alpha value is -0.770. The van der Waals surface area contributed by atoms with Crippen molar-refractivity contribution in [3.63, 3.8) is 0 Å². The van der Waals surface area contributed by atoms with Crippen molar-refractivity contribution < 1.29 is 28.5 Å². The maximum atomic E-state index is 11.8. The minimum atomic E-state index is -0.146. The van der Waals surface area contributed by atoms with Crippen LogP contribution in [-0.2, 0) is 28.5 Å². The zero-order valence-electron chi connectivity index (χ0n) is 16.9. The van der Waals surface area contributed by atoms with Crippen LogP contribution in [-0.4, -0.2) is 83.0 Å². The van der Waals surface area contributed by atoms with Crippen LogP contribution < -0.4 is 5.84 Å². The van der Waals surface area contributed by atoms with Gasteiger partial charge in [-0.15, -0.1) is 0 Å². The van der Waals surface area contributed by atoms with Crippen molar-refractivity contribution in [1.82, 2.24) is 5.01 Å². The van der Waals surface area contributed by atoms with Crippen molar-refractivity contribution in [2.75, 3.05) is 66.0 Å². The molecule has 0 saturated heterocycles. The summed E-state index contributed by atoms with van der Waals surface area (Å²) in [5, 5.41) is 1.17. The molecule has 0 aromatic carbocycles. The van der Waals surface area contributed by atoms with Crippen LogP contribution in [0.3, 0.4) is 0 Å². The lowest BCUT2D eigenvalue weighted by Gasteiger charge is -2.17. The third kappa shape index (κ3) is 18.0. The number of carbonyl (C=O) groups is 1. The van der Waals surface area contributed by atoms with Gasteiger partial charge in [0.1, 0.15) is 0 Å². The van der Waals surface area contributed by atoms with Crippen LogP contribution >= 0.6 is 0 Å². The molecule has 2 N–H and O–H groups in total. The molecule has 0 rings (SSSR count). The van der Waals surface area contributed by atoms with Crippen LogP contribution in [0.4, 0.5) is 0 Å². The first-order valence-corrected chi connectivity index (χ1v) is 9.41. The maximum absolute atomic E-state index is 11.8. The summed E-state index contributed by atoms with van der Waals surface area (Å²) in [5.74, 6) is 6.00. The van der Waals surface area contributed by atoms with E-state index in [1.54, 1.807) is 0 Å². The molecule has 1 amide bonds. The Morgan fingerprint density at radius 3 is 1.88 bits per heavy atom. The van der Waals surface area contributed by atoms with Crippen LogP contribution in [0, 0.1) is 5.92 Å². The quantitative estimate of drug-likeness (QED) is 0.166. The second kappa shape index (κ2) is 17.6. The molecular formula is C18H38N2O6. The van der Waals surface area contributed by atoms with Crippen LogP contribution in [0.25, 0.3) is 0 Å². The van der Waals surface area contributed by atoms with Crippen molar-refractivity contribution in [3.8, 4) is 0 Å². The van der Waals surface area contributed by atoms with Crippen molar-refractivity contribution >= 4 is 5.91 Å². The summed E-state index contributed by atoms with van der Waals surface area (Å²) in [6, 6.07) is 0. The minimum Gasteiger partial charge on any atom is -0.381 e. The molecule has 0 spiro atoms. The fourth-order valence-corrected chi connectivity index (χ4v) is 1.79. The summed E-state index contributed by atoms with van der Waals surface area (Å²) in [6.07, 6.45) is 0.513. The number of rotatable bonds is 18. The first-order chi connectivity index (χ1) is 12.4.